The van der Waals surface area contributed by atoms with Crippen molar-refractivity contribution in [1.29, 1.82) is 0 Å². The van der Waals surface area contributed by atoms with Gasteiger partial charge in [-0.1, -0.05) is 11.6 Å². The van der Waals surface area contributed by atoms with E-state index in [1.165, 1.54) is 14.0 Å². The highest BCUT2D eigenvalue weighted by molar-refractivity contribution is 5.91. The molecule has 2 aliphatic heterocycles. The number of phenols is 1. The number of ether oxygens (including phenoxy) is 5. The molecule has 15 heteroatoms. The largest absolute Gasteiger partial charge is 0.507 e. The number of hydrogen-bond donors (Lipinski definition) is 8. The molecule has 262 valence electrons. The molecule has 2 aromatic carbocycles. The first kappa shape index (κ1) is 35.5. The van der Waals surface area contributed by atoms with E-state index < -0.39 is 84.9 Å². The van der Waals surface area contributed by atoms with Gasteiger partial charge < -0.3 is 69.0 Å². The van der Waals surface area contributed by atoms with Crippen molar-refractivity contribution in [3.63, 3.8) is 0 Å². The van der Waals surface area contributed by atoms with Gasteiger partial charge in [0.1, 0.15) is 70.9 Å². The van der Waals surface area contributed by atoms with Gasteiger partial charge in [-0.3, -0.25) is 4.79 Å². The van der Waals surface area contributed by atoms with Crippen molar-refractivity contribution in [2.45, 2.75) is 88.6 Å². The summed E-state index contributed by atoms with van der Waals surface area (Å²) >= 11 is 0. The van der Waals surface area contributed by atoms with E-state index in [0.29, 0.717) is 11.3 Å². The molecule has 0 amide bonds. The minimum atomic E-state index is -1.77. The number of benzene rings is 2. The Bertz CT molecular complexity index is 1680. The van der Waals surface area contributed by atoms with Crippen molar-refractivity contribution in [3.05, 3.63) is 57.8 Å². The van der Waals surface area contributed by atoms with E-state index in [0.717, 1.165) is 11.6 Å². The second-order valence-electron chi connectivity index (χ2n) is 12.0. The van der Waals surface area contributed by atoms with Crippen LogP contribution in [0.25, 0.3) is 22.3 Å². The summed E-state index contributed by atoms with van der Waals surface area (Å²) < 4.78 is 34.5. The maximum absolute atomic E-state index is 14.3. The Morgan fingerprint density at radius 1 is 0.875 bits per heavy atom. The summed E-state index contributed by atoms with van der Waals surface area (Å²) in [6, 6.07) is 7.41. The van der Waals surface area contributed by atoms with Crippen molar-refractivity contribution in [1.82, 2.24) is 0 Å². The Hall–Kier alpha value is -3.77. The normalized spacial score (nSPS) is 30.6. The third-order valence-electron chi connectivity index (χ3n) is 8.37. The van der Waals surface area contributed by atoms with Crippen LogP contribution in [0.4, 0.5) is 0 Å². The molecular formula is C33H40O15. The molecule has 0 aliphatic carbocycles. The predicted octanol–water partition coefficient (Wildman–Crippen LogP) is 0.0679. The zero-order valence-corrected chi connectivity index (χ0v) is 26.6. The number of fused-ring (bicyclic) bond motifs is 1. The summed E-state index contributed by atoms with van der Waals surface area (Å²) in [5.41, 5.74) is 0.341. The Morgan fingerprint density at radius 3 is 2.10 bits per heavy atom. The van der Waals surface area contributed by atoms with Crippen LogP contribution in [0, 0.1) is 0 Å². The molecule has 3 heterocycles. The van der Waals surface area contributed by atoms with Crippen LogP contribution in [0.1, 0.15) is 26.3 Å². The van der Waals surface area contributed by atoms with Crippen LogP contribution in [-0.2, 0) is 15.9 Å². The van der Waals surface area contributed by atoms with E-state index in [2.05, 4.69) is 0 Å². The van der Waals surface area contributed by atoms with Gasteiger partial charge in [-0.15, -0.1) is 0 Å². The summed E-state index contributed by atoms with van der Waals surface area (Å²) in [6.07, 6.45) is -13.7. The minimum absolute atomic E-state index is 0.0725. The summed E-state index contributed by atoms with van der Waals surface area (Å²) in [6.45, 7) is 4.40. The number of methoxy groups -OCH3 is 1. The zero-order chi connectivity index (χ0) is 35.0. The quantitative estimate of drug-likeness (QED) is 0.140. The Morgan fingerprint density at radius 2 is 1.50 bits per heavy atom. The fourth-order valence-electron chi connectivity index (χ4n) is 5.52. The van der Waals surface area contributed by atoms with Gasteiger partial charge in [-0.2, -0.15) is 0 Å². The van der Waals surface area contributed by atoms with Crippen LogP contribution in [-0.4, -0.2) is 116 Å². The molecule has 2 saturated heterocycles. The van der Waals surface area contributed by atoms with Gasteiger partial charge in [0.2, 0.25) is 23.8 Å². The molecule has 0 unspecified atom stereocenters. The first-order valence-electron chi connectivity index (χ1n) is 15.2. The fraction of sp³-hybridized carbons (Fsp3) is 0.485. The molecule has 0 bridgehead atoms. The first-order chi connectivity index (χ1) is 22.8. The standard InChI is InChI=1S/C33H40O15/c1-13(2)5-10-17-19(45-33-28(42)26(40)23(37)20(12-34)46-33)11-18(35)21-24(38)31(48-32-27(41)25(39)22(36)14(3)44-32)29(47-30(17)21)15-6-8-16(43-4)9-7-15/h5-9,11,14,20,22-23,25-28,32-37,39-42H,10,12H2,1-4H3/t14-,20+,22-,23+,25+,26-,27+,28+,32-,33-/m0/s1. The average molecular weight is 677 g/mol. The number of allylic oxidation sites excluding steroid dienone is 2. The van der Waals surface area contributed by atoms with Gasteiger partial charge in [0.25, 0.3) is 0 Å². The number of aromatic hydroxyl groups is 1. The topological polar surface area (TPSA) is 238 Å². The molecule has 0 saturated carbocycles. The molecule has 8 N–H and O–H groups in total. The van der Waals surface area contributed by atoms with E-state index in [4.69, 9.17) is 28.1 Å². The van der Waals surface area contributed by atoms with Crippen LogP contribution in [0.15, 0.2) is 51.2 Å². The summed E-state index contributed by atoms with van der Waals surface area (Å²) in [5, 5.41) is 82.9. The lowest BCUT2D eigenvalue weighted by atomic mass is 9.99. The van der Waals surface area contributed by atoms with Crippen molar-refractivity contribution in [2.24, 2.45) is 0 Å². The number of rotatable bonds is 9. The molecule has 48 heavy (non-hydrogen) atoms. The molecule has 2 aliphatic rings. The Balaban J connectivity index is 1.71. The number of hydrogen-bond acceptors (Lipinski definition) is 15. The summed E-state index contributed by atoms with van der Waals surface area (Å²) in [4.78, 5) is 14.3. The van der Waals surface area contributed by atoms with Gasteiger partial charge in [0, 0.05) is 17.2 Å². The van der Waals surface area contributed by atoms with Crippen LogP contribution in [0.2, 0.25) is 0 Å². The molecule has 1 aromatic heterocycles. The SMILES string of the molecule is COc1ccc(-c2oc3c(CC=C(C)C)c(O[C@H]4O[C@H](CO)[C@@H](O)[C@H](O)[C@H]4O)cc(O)c3c(=O)c2O[C@@H]2O[C@@H](C)[C@H](O)[C@@H](O)[C@H]2O)cc1. The van der Waals surface area contributed by atoms with Crippen molar-refractivity contribution >= 4 is 11.0 Å². The van der Waals surface area contributed by atoms with E-state index >= 15 is 0 Å². The van der Waals surface area contributed by atoms with Crippen molar-refractivity contribution < 1.29 is 69.0 Å². The van der Waals surface area contributed by atoms with E-state index in [1.807, 2.05) is 13.8 Å². The molecule has 10 atom stereocenters. The van der Waals surface area contributed by atoms with Gasteiger partial charge in [-0.25, -0.2) is 0 Å². The highest BCUT2D eigenvalue weighted by Crippen LogP contribution is 2.41. The van der Waals surface area contributed by atoms with Gasteiger partial charge in [0.15, 0.2) is 5.76 Å². The third kappa shape index (κ3) is 6.74. The number of aliphatic hydroxyl groups excluding tert-OH is 7. The van der Waals surface area contributed by atoms with Gasteiger partial charge in [0.05, 0.1) is 19.8 Å². The van der Waals surface area contributed by atoms with Gasteiger partial charge in [-0.05, 0) is 51.5 Å². The minimum Gasteiger partial charge on any atom is -0.507 e. The highest BCUT2D eigenvalue weighted by Gasteiger charge is 2.46. The monoisotopic (exact) mass is 676 g/mol. The Labute approximate surface area is 274 Å². The van der Waals surface area contributed by atoms with E-state index in [-0.39, 0.29) is 34.5 Å². The highest BCUT2D eigenvalue weighted by atomic mass is 16.7. The van der Waals surface area contributed by atoms with Crippen LogP contribution in [0.5, 0.6) is 23.0 Å². The second-order valence-corrected chi connectivity index (χ2v) is 12.0. The maximum atomic E-state index is 14.3. The summed E-state index contributed by atoms with van der Waals surface area (Å²) in [7, 11) is 1.47. The van der Waals surface area contributed by atoms with Crippen LogP contribution < -0.4 is 19.6 Å². The molecule has 15 nitrogen and oxygen atoms in total. The lowest BCUT2D eigenvalue weighted by molar-refractivity contribution is -0.277. The number of phenolic OH excluding ortho intramolecular Hbond substituents is 1. The smallest absolute Gasteiger partial charge is 0.239 e. The van der Waals surface area contributed by atoms with Crippen molar-refractivity contribution in [2.75, 3.05) is 13.7 Å². The molecule has 3 aromatic rings. The average Bonchev–Trinajstić information content (AvgIpc) is 3.06. The maximum Gasteiger partial charge on any atom is 0.239 e. The molecule has 5 rings (SSSR count). The summed E-state index contributed by atoms with van der Waals surface area (Å²) in [5.74, 6) is -0.922. The lowest BCUT2D eigenvalue weighted by Crippen LogP contribution is -2.60. The third-order valence-corrected chi connectivity index (χ3v) is 8.37. The predicted molar refractivity (Wildman–Crippen MR) is 167 cm³/mol. The zero-order valence-electron chi connectivity index (χ0n) is 26.6. The molecule has 0 spiro atoms. The van der Waals surface area contributed by atoms with Crippen LogP contribution in [0.3, 0.4) is 0 Å². The molecule has 2 fully saturated rings. The molecular weight excluding hydrogens is 636 g/mol. The van der Waals surface area contributed by atoms with Crippen molar-refractivity contribution in [3.8, 4) is 34.3 Å². The van der Waals surface area contributed by atoms with E-state index in [9.17, 15) is 45.6 Å². The second kappa shape index (κ2) is 14.4. The Kier molecular flexibility index (Phi) is 10.6. The lowest BCUT2D eigenvalue weighted by Gasteiger charge is -2.39. The van der Waals surface area contributed by atoms with Crippen LogP contribution >= 0.6 is 0 Å². The fourth-order valence-corrected chi connectivity index (χ4v) is 5.52. The number of aliphatic hydroxyl groups is 7. The first-order valence-corrected chi connectivity index (χ1v) is 15.2. The molecule has 0 radical (unpaired) electrons. The van der Waals surface area contributed by atoms with Gasteiger partial charge >= 0.3 is 0 Å². The van der Waals surface area contributed by atoms with E-state index in [1.54, 1.807) is 30.3 Å².